The van der Waals surface area contributed by atoms with E-state index < -0.39 is 0 Å². The fourth-order valence-corrected chi connectivity index (χ4v) is 2.46. The van der Waals surface area contributed by atoms with Crippen LogP contribution >= 0.6 is 23.4 Å². The van der Waals surface area contributed by atoms with Gasteiger partial charge in [-0.25, -0.2) is 0 Å². The minimum atomic E-state index is 0.127. The summed E-state index contributed by atoms with van der Waals surface area (Å²) in [5.74, 6) is 0.891. The number of benzene rings is 1. The van der Waals surface area contributed by atoms with Gasteiger partial charge in [0, 0.05) is 10.8 Å². The molecule has 16 heavy (non-hydrogen) atoms. The van der Waals surface area contributed by atoms with Gasteiger partial charge in [0.15, 0.2) is 11.0 Å². The number of Topliss-reactive ketones (excluding diaryl/α,β-unsaturated/α-hetero) is 1. The fourth-order valence-electron chi connectivity index (χ4n) is 1.30. The highest BCUT2D eigenvalue weighted by Crippen LogP contribution is 2.21. The molecule has 0 saturated carbocycles. The Morgan fingerprint density at radius 1 is 1.44 bits per heavy atom. The van der Waals surface area contributed by atoms with E-state index in [1.807, 2.05) is 24.3 Å². The third kappa shape index (κ3) is 3.00. The maximum Gasteiger partial charge on any atom is 0.173 e. The van der Waals surface area contributed by atoms with E-state index in [1.54, 1.807) is 11.8 Å². The Morgan fingerprint density at radius 3 is 2.94 bits per heavy atom. The maximum atomic E-state index is 10.9. The number of aliphatic imine (C=N–C) groups is 1. The van der Waals surface area contributed by atoms with Crippen LogP contribution in [-0.2, 0) is 10.5 Å². The first-order valence-electron chi connectivity index (χ1n) is 4.92. The van der Waals surface area contributed by atoms with E-state index in [0.717, 1.165) is 21.5 Å². The second-order valence-corrected chi connectivity index (χ2v) is 4.76. The summed E-state index contributed by atoms with van der Waals surface area (Å²) in [5, 5.41) is 4.56. The number of hydrogen-bond acceptors (Lipinski definition) is 4. The van der Waals surface area contributed by atoms with Crippen molar-refractivity contribution in [1.82, 2.24) is 5.32 Å². The van der Waals surface area contributed by atoms with Crippen molar-refractivity contribution < 1.29 is 4.79 Å². The summed E-state index contributed by atoms with van der Waals surface area (Å²) in [6.07, 6.45) is 0. The van der Waals surface area contributed by atoms with Gasteiger partial charge in [-0.05, 0) is 11.6 Å². The second kappa shape index (κ2) is 5.37. The number of nitrogens with one attached hydrogen (secondary N) is 1. The van der Waals surface area contributed by atoms with Crippen molar-refractivity contribution in [2.24, 2.45) is 4.99 Å². The van der Waals surface area contributed by atoms with E-state index in [1.165, 1.54) is 0 Å². The maximum absolute atomic E-state index is 10.9. The molecule has 84 valence electrons. The predicted molar refractivity (Wildman–Crippen MR) is 68.1 cm³/mol. The smallest absolute Gasteiger partial charge is 0.173 e. The Kier molecular flexibility index (Phi) is 3.85. The highest BCUT2D eigenvalue weighted by molar-refractivity contribution is 8.13. The molecule has 0 aliphatic carbocycles. The fraction of sp³-hybridized carbons (Fsp3) is 0.273. The first-order chi connectivity index (χ1) is 7.75. The number of ketones is 1. The molecule has 1 aliphatic heterocycles. The summed E-state index contributed by atoms with van der Waals surface area (Å²) in [5.41, 5.74) is 1.08. The summed E-state index contributed by atoms with van der Waals surface area (Å²) in [6.45, 7) is 0.673. The van der Waals surface area contributed by atoms with Gasteiger partial charge < -0.3 is 5.32 Å². The van der Waals surface area contributed by atoms with Crippen LogP contribution in [0.2, 0.25) is 5.02 Å². The van der Waals surface area contributed by atoms with Crippen molar-refractivity contribution in [2.75, 3.05) is 13.1 Å². The lowest BCUT2D eigenvalue weighted by Gasteiger charge is -2.13. The minimum absolute atomic E-state index is 0.127. The van der Waals surface area contributed by atoms with E-state index in [0.29, 0.717) is 6.54 Å². The molecule has 0 atom stereocenters. The van der Waals surface area contributed by atoms with Crippen molar-refractivity contribution in [3.63, 3.8) is 0 Å². The van der Waals surface area contributed by atoms with Crippen LogP contribution < -0.4 is 5.32 Å². The quantitative estimate of drug-likeness (QED) is 0.879. The third-order valence-corrected chi connectivity index (χ3v) is 3.53. The molecule has 1 aliphatic rings. The van der Waals surface area contributed by atoms with Gasteiger partial charge in [0.05, 0.1) is 6.54 Å². The molecule has 0 fully saturated rings. The summed E-state index contributed by atoms with van der Waals surface area (Å²) >= 11 is 7.61. The number of carbonyl (C=O) groups excluding carboxylic acids is 1. The van der Waals surface area contributed by atoms with Gasteiger partial charge in [-0.3, -0.25) is 9.79 Å². The van der Waals surface area contributed by atoms with Crippen molar-refractivity contribution >= 4 is 34.3 Å². The molecule has 1 heterocycles. The van der Waals surface area contributed by atoms with Gasteiger partial charge in [-0.1, -0.05) is 41.6 Å². The molecule has 1 N–H and O–H groups in total. The summed E-state index contributed by atoms with van der Waals surface area (Å²) in [4.78, 5) is 15.1. The highest BCUT2D eigenvalue weighted by atomic mass is 35.5. The zero-order valence-electron chi connectivity index (χ0n) is 8.57. The third-order valence-electron chi connectivity index (χ3n) is 2.16. The molecule has 3 nitrogen and oxygen atoms in total. The van der Waals surface area contributed by atoms with Crippen LogP contribution in [-0.4, -0.2) is 24.0 Å². The topological polar surface area (TPSA) is 41.5 Å². The number of nitrogens with zero attached hydrogens (tertiary/aromatic N) is 1. The number of thioether (sulfide) groups is 1. The van der Waals surface area contributed by atoms with Crippen LogP contribution in [0.25, 0.3) is 0 Å². The van der Waals surface area contributed by atoms with Crippen LogP contribution in [0.5, 0.6) is 0 Å². The largest absolute Gasteiger partial charge is 0.358 e. The lowest BCUT2D eigenvalue weighted by molar-refractivity contribution is -0.116. The van der Waals surface area contributed by atoms with Crippen LogP contribution in [0.1, 0.15) is 5.56 Å². The molecule has 5 heteroatoms. The van der Waals surface area contributed by atoms with Crippen LogP contribution in [0.15, 0.2) is 29.3 Å². The molecule has 0 radical (unpaired) electrons. The van der Waals surface area contributed by atoms with E-state index in [2.05, 4.69) is 10.3 Å². The Hall–Kier alpha value is -1.00. The molecule has 0 spiro atoms. The van der Waals surface area contributed by atoms with Gasteiger partial charge in [0.1, 0.15) is 6.54 Å². The van der Waals surface area contributed by atoms with E-state index >= 15 is 0 Å². The number of rotatable bonds is 2. The number of amidine groups is 1. The van der Waals surface area contributed by atoms with E-state index in [9.17, 15) is 4.79 Å². The molecule has 0 saturated heterocycles. The Balaban J connectivity index is 1.93. The Morgan fingerprint density at radius 2 is 2.25 bits per heavy atom. The number of halogens is 1. The lowest BCUT2D eigenvalue weighted by Crippen LogP contribution is -2.34. The normalized spacial score (nSPS) is 15.6. The summed E-state index contributed by atoms with van der Waals surface area (Å²) in [6, 6.07) is 7.73. The highest BCUT2D eigenvalue weighted by Gasteiger charge is 2.11. The van der Waals surface area contributed by atoms with Crippen molar-refractivity contribution in [3.05, 3.63) is 34.9 Å². The van der Waals surface area contributed by atoms with Crippen LogP contribution in [0, 0.1) is 0 Å². The Labute approximate surface area is 103 Å². The SMILES string of the molecule is O=C1CN=C(SCc2ccccc2Cl)NC1. The first kappa shape index (κ1) is 11.5. The monoisotopic (exact) mass is 254 g/mol. The first-order valence-corrected chi connectivity index (χ1v) is 6.28. The molecule has 0 amide bonds. The Bertz CT molecular complexity index is 434. The molecule has 1 aromatic rings. The van der Waals surface area contributed by atoms with Crippen molar-refractivity contribution in [1.29, 1.82) is 0 Å². The van der Waals surface area contributed by atoms with Gasteiger partial charge in [-0.2, -0.15) is 0 Å². The number of carbonyl (C=O) groups is 1. The van der Waals surface area contributed by atoms with E-state index in [4.69, 9.17) is 11.6 Å². The van der Waals surface area contributed by atoms with Gasteiger partial charge in [0.2, 0.25) is 0 Å². The molecule has 1 aromatic carbocycles. The van der Waals surface area contributed by atoms with Crippen LogP contribution in [0.4, 0.5) is 0 Å². The molecular weight excluding hydrogens is 244 g/mol. The molecule has 0 bridgehead atoms. The van der Waals surface area contributed by atoms with Gasteiger partial charge in [0.25, 0.3) is 0 Å². The van der Waals surface area contributed by atoms with Crippen molar-refractivity contribution in [2.45, 2.75) is 5.75 Å². The summed E-state index contributed by atoms with van der Waals surface area (Å²) in [7, 11) is 0. The average Bonchev–Trinajstić information content (AvgIpc) is 2.30. The zero-order valence-corrected chi connectivity index (χ0v) is 10.1. The van der Waals surface area contributed by atoms with Gasteiger partial charge in [-0.15, -0.1) is 0 Å². The van der Waals surface area contributed by atoms with E-state index in [-0.39, 0.29) is 12.3 Å². The summed E-state index contributed by atoms with van der Waals surface area (Å²) < 4.78 is 0. The molecule has 2 rings (SSSR count). The zero-order chi connectivity index (χ0) is 11.4. The minimum Gasteiger partial charge on any atom is -0.358 e. The lowest BCUT2D eigenvalue weighted by atomic mass is 10.2. The second-order valence-electron chi connectivity index (χ2n) is 3.39. The number of hydrogen-bond donors (Lipinski definition) is 1. The predicted octanol–water partition coefficient (Wildman–Crippen LogP) is 2.10. The molecule has 0 aromatic heterocycles. The molecular formula is C11H11ClN2OS. The standard InChI is InChI=1S/C11H11ClN2OS/c12-10-4-2-1-3-8(10)7-16-11-13-5-9(15)6-14-11/h1-4H,5-7H2,(H,13,14). The van der Waals surface area contributed by atoms with Gasteiger partial charge >= 0.3 is 0 Å². The average molecular weight is 255 g/mol. The molecule has 0 unspecified atom stereocenters. The van der Waals surface area contributed by atoms with Crippen LogP contribution in [0.3, 0.4) is 0 Å². The van der Waals surface area contributed by atoms with Crippen molar-refractivity contribution in [3.8, 4) is 0 Å².